The third-order valence-electron chi connectivity index (χ3n) is 3.59. The number of nitrogens with zero attached hydrogens (tertiary/aromatic N) is 1. The first kappa shape index (κ1) is 15.5. The van der Waals surface area contributed by atoms with Crippen LogP contribution in [0.5, 0.6) is 0 Å². The number of rotatable bonds is 3. The van der Waals surface area contributed by atoms with E-state index in [1.54, 1.807) is 23.6 Å². The van der Waals surface area contributed by atoms with Gasteiger partial charge in [-0.15, -0.1) is 11.3 Å². The zero-order valence-corrected chi connectivity index (χ0v) is 13.4. The predicted octanol–water partition coefficient (Wildman–Crippen LogP) is 4.94. The van der Waals surface area contributed by atoms with Crippen LogP contribution in [0.1, 0.15) is 0 Å². The van der Waals surface area contributed by atoms with Gasteiger partial charge >= 0.3 is 5.63 Å². The van der Waals surface area contributed by atoms with Gasteiger partial charge in [-0.05, 0) is 24.3 Å². The molecule has 25 heavy (non-hydrogen) atoms. The fourth-order valence-electron chi connectivity index (χ4n) is 2.40. The molecule has 0 aliphatic carbocycles. The van der Waals surface area contributed by atoms with Gasteiger partial charge in [0, 0.05) is 16.8 Å². The second kappa shape index (κ2) is 6.10. The summed E-state index contributed by atoms with van der Waals surface area (Å²) in [7, 11) is 0. The summed E-state index contributed by atoms with van der Waals surface area (Å²) in [6.07, 6.45) is 0. The Morgan fingerprint density at radius 2 is 1.92 bits per heavy atom. The SMILES string of the molecule is O=c1oc2ccccc2cc1-c1csc(Nc2ccc(F)cc2F)n1. The molecule has 0 aliphatic heterocycles. The van der Waals surface area contributed by atoms with Crippen LogP contribution < -0.4 is 10.9 Å². The molecule has 0 unspecified atom stereocenters. The number of para-hydroxylation sites is 1. The van der Waals surface area contributed by atoms with Crippen molar-refractivity contribution in [1.29, 1.82) is 0 Å². The summed E-state index contributed by atoms with van der Waals surface area (Å²) in [6, 6.07) is 12.1. The third-order valence-corrected chi connectivity index (χ3v) is 4.35. The molecule has 2 aromatic heterocycles. The number of nitrogens with one attached hydrogen (secondary N) is 1. The van der Waals surface area contributed by atoms with Gasteiger partial charge in [0.05, 0.1) is 16.9 Å². The highest BCUT2D eigenvalue weighted by Crippen LogP contribution is 2.28. The van der Waals surface area contributed by atoms with Crippen LogP contribution in [-0.2, 0) is 0 Å². The fraction of sp³-hybridized carbons (Fsp3) is 0. The lowest BCUT2D eigenvalue weighted by Crippen LogP contribution is -2.03. The summed E-state index contributed by atoms with van der Waals surface area (Å²) >= 11 is 1.20. The molecule has 0 fully saturated rings. The van der Waals surface area contributed by atoms with E-state index in [4.69, 9.17) is 4.42 Å². The molecule has 2 aromatic carbocycles. The van der Waals surface area contributed by atoms with Crippen LogP contribution in [0.3, 0.4) is 0 Å². The maximum atomic E-state index is 13.7. The summed E-state index contributed by atoms with van der Waals surface area (Å²) in [5.41, 5.74) is 0.853. The van der Waals surface area contributed by atoms with Crippen molar-refractivity contribution in [2.24, 2.45) is 0 Å². The zero-order valence-electron chi connectivity index (χ0n) is 12.6. The molecular weight excluding hydrogens is 346 g/mol. The van der Waals surface area contributed by atoms with Gasteiger partial charge in [0.15, 0.2) is 5.13 Å². The van der Waals surface area contributed by atoms with Crippen molar-refractivity contribution in [2.75, 3.05) is 5.32 Å². The minimum absolute atomic E-state index is 0.104. The normalized spacial score (nSPS) is 11.0. The van der Waals surface area contributed by atoms with E-state index in [0.717, 1.165) is 17.5 Å². The number of benzene rings is 2. The highest BCUT2D eigenvalue weighted by Gasteiger charge is 2.12. The van der Waals surface area contributed by atoms with E-state index < -0.39 is 17.3 Å². The van der Waals surface area contributed by atoms with Gasteiger partial charge in [0.25, 0.3) is 0 Å². The van der Waals surface area contributed by atoms with Crippen LogP contribution >= 0.6 is 11.3 Å². The predicted molar refractivity (Wildman–Crippen MR) is 93.2 cm³/mol. The Balaban J connectivity index is 1.69. The van der Waals surface area contributed by atoms with Gasteiger partial charge in [-0.25, -0.2) is 18.6 Å². The Labute approximate surface area is 144 Å². The number of hydrogen-bond donors (Lipinski definition) is 1. The highest BCUT2D eigenvalue weighted by atomic mass is 32.1. The van der Waals surface area contributed by atoms with Gasteiger partial charge in [0.2, 0.25) is 0 Å². The summed E-state index contributed by atoms with van der Waals surface area (Å²) in [6.45, 7) is 0. The van der Waals surface area contributed by atoms with E-state index in [1.807, 2.05) is 12.1 Å². The van der Waals surface area contributed by atoms with Gasteiger partial charge in [0.1, 0.15) is 17.2 Å². The fourth-order valence-corrected chi connectivity index (χ4v) is 3.12. The lowest BCUT2D eigenvalue weighted by Gasteiger charge is -2.03. The quantitative estimate of drug-likeness (QED) is 0.528. The van der Waals surface area contributed by atoms with E-state index in [0.29, 0.717) is 22.0 Å². The number of thiazole rings is 1. The van der Waals surface area contributed by atoms with Gasteiger partial charge in [-0.2, -0.15) is 0 Å². The van der Waals surface area contributed by atoms with Crippen LogP contribution in [-0.4, -0.2) is 4.98 Å². The van der Waals surface area contributed by atoms with Crippen molar-refractivity contribution in [1.82, 2.24) is 4.98 Å². The Morgan fingerprint density at radius 1 is 1.08 bits per heavy atom. The first-order chi connectivity index (χ1) is 12.1. The molecule has 7 heteroatoms. The first-order valence-corrected chi connectivity index (χ1v) is 8.19. The second-order valence-electron chi connectivity index (χ2n) is 5.27. The van der Waals surface area contributed by atoms with Gasteiger partial charge < -0.3 is 9.73 Å². The van der Waals surface area contributed by atoms with E-state index in [1.165, 1.54) is 17.4 Å². The molecule has 0 bridgehead atoms. The van der Waals surface area contributed by atoms with E-state index in [-0.39, 0.29) is 5.69 Å². The average molecular weight is 356 g/mol. The molecule has 4 aromatic rings. The Hall–Kier alpha value is -3.06. The number of aromatic nitrogens is 1. The molecule has 4 rings (SSSR count). The van der Waals surface area contributed by atoms with Gasteiger partial charge in [-0.1, -0.05) is 18.2 Å². The van der Waals surface area contributed by atoms with Gasteiger partial charge in [-0.3, -0.25) is 0 Å². The van der Waals surface area contributed by atoms with Crippen molar-refractivity contribution in [3.8, 4) is 11.3 Å². The molecule has 4 nitrogen and oxygen atoms in total. The number of hydrogen-bond acceptors (Lipinski definition) is 5. The molecular formula is C18H10F2N2O2S. The van der Waals surface area contributed by atoms with Crippen LogP contribution in [0.4, 0.5) is 19.6 Å². The molecule has 0 atom stereocenters. The Bertz CT molecular complexity index is 1140. The van der Waals surface area contributed by atoms with E-state index >= 15 is 0 Å². The molecule has 0 amide bonds. The molecule has 0 aliphatic rings. The average Bonchev–Trinajstić information content (AvgIpc) is 3.05. The molecule has 0 saturated heterocycles. The summed E-state index contributed by atoms with van der Waals surface area (Å²) in [5, 5.41) is 5.61. The number of fused-ring (bicyclic) bond motifs is 1. The molecule has 2 heterocycles. The summed E-state index contributed by atoms with van der Waals surface area (Å²) < 4.78 is 32.0. The smallest absolute Gasteiger partial charge is 0.345 e. The first-order valence-electron chi connectivity index (χ1n) is 7.31. The monoisotopic (exact) mass is 356 g/mol. The van der Waals surface area contributed by atoms with Crippen LogP contribution in [0.15, 0.2) is 63.1 Å². The standard InChI is InChI=1S/C18H10F2N2O2S/c19-11-5-6-14(13(20)8-11)21-18-22-15(9-25-18)12-7-10-3-1-2-4-16(10)24-17(12)23/h1-9H,(H,21,22). The van der Waals surface area contributed by atoms with Crippen LogP contribution in [0, 0.1) is 11.6 Å². The molecule has 124 valence electrons. The van der Waals surface area contributed by atoms with Crippen molar-refractivity contribution in [2.45, 2.75) is 0 Å². The molecule has 0 saturated carbocycles. The zero-order chi connectivity index (χ0) is 17.4. The highest BCUT2D eigenvalue weighted by molar-refractivity contribution is 7.14. The van der Waals surface area contributed by atoms with Crippen molar-refractivity contribution >= 4 is 33.1 Å². The van der Waals surface area contributed by atoms with E-state index in [9.17, 15) is 13.6 Å². The lowest BCUT2D eigenvalue weighted by atomic mass is 10.1. The molecule has 0 radical (unpaired) electrons. The third kappa shape index (κ3) is 3.01. The minimum Gasteiger partial charge on any atom is -0.422 e. The van der Waals surface area contributed by atoms with Crippen LogP contribution in [0.25, 0.3) is 22.2 Å². The van der Waals surface area contributed by atoms with Crippen molar-refractivity contribution in [3.05, 3.63) is 76.0 Å². The maximum absolute atomic E-state index is 13.7. The topological polar surface area (TPSA) is 55.1 Å². The van der Waals surface area contributed by atoms with Crippen molar-refractivity contribution < 1.29 is 13.2 Å². The molecule has 0 spiro atoms. The van der Waals surface area contributed by atoms with E-state index in [2.05, 4.69) is 10.3 Å². The second-order valence-corrected chi connectivity index (χ2v) is 6.13. The summed E-state index contributed by atoms with van der Waals surface area (Å²) in [4.78, 5) is 16.5. The molecule has 1 N–H and O–H groups in total. The Kier molecular flexibility index (Phi) is 3.77. The largest absolute Gasteiger partial charge is 0.422 e. The Morgan fingerprint density at radius 3 is 2.76 bits per heavy atom. The number of halogens is 2. The lowest BCUT2D eigenvalue weighted by molar-refractivity contribution is 0.563. The minimum atomic E-state index is -0.720. The van der Waals surface area contributed by atoms with Crippen LogP contribution in [0.2, 0.25) is 0 Å². The number of anilines is 2. The summed E-state index contributed by atoms with van der Waals surface area (Å²) in [5.74, 6) is -1.38. The maximum Gasteiger partial charge on any atom is 0.345 e. The van der Waals surface area contributed by atoms with Crippen molar-refractivity contribution in [3.63, 3.8) is 0 Å².